The number of nitrogens with zero attached hydrogens (tertiary/aromatic N) is 3. The molecule has 134 valence electrons. The first-order chi connectivity index (χ1) is 11.0. The Balaban J connectivity index is 0.00000288. The third-order valence-corrected chi connectivity index (χ3v) is 5.26. The molecule has 2 heterocycles. The molecule has 0 aliphatic carbocycles. The Morgan fingerprint density at radius 2 is 2.12 bits per heavy atom. The summed E-state index contributed by atoms with van der Waals surface area (Å²) in [5, 5.41) is 13.4. The molecule has 0 aliphatic rings. The molecule has 2 N–H and O–H groups in total. The maximum atomic E-state index is 4.46. The quantitative estimate of drug-likeness (QED) is 0.395. The first-order valence-electron chi connectivity index (χ1n) is 8.00. The Hall–Kier alpha value is -1.09. The number of nitrogens with one attached hydrogen (secondary N) is 2. The molecule has 0 bridgehead atoms. The summed E-state index contributed by atoms with van der Waals surface area (Å²) in [5.74, 6) is 1.34. The second-order valence-corrected chi connectivity index (χ2v) is 6.80. The van der Waals surface area contributed by atoms with Crippen LogP contribution in [0.3, 0.4) is 0 Å². The zero-order chi connectivity index (χ0) is 16.8. The molecular formula is C17H28IN5S. The van der Waals surface area contributed by atoms with E-state index in [1.54, 1.807) is 11.3 Å². The largest absolute Gasteiger partial charge is 0.356 e. The highest BCUT2D eigenvalue weighted by Gasteiger charge is 2.10. The van der Waals surface area contributed by atoms with Crippen molar-refractivity contribution in [3.8, 4) is 0 Å². The zero-order valence-electron chi connectivity index (χ0n) is 15.1. The van der Waals surface area contributed by atoms with Gasteiger partial charge in [0.25, 0.3) is 0 Å². The van der Waals surface area contributed by atoms with Crippen molar-refractivity contribution in [2.24, 2.45) is 12.0 Å². The highest BCUT2D eigenvalue weighted by Crippen LogP contribution is 2.19. The maximum Gasteiger partial charge on any atom is 0.191 e. The molecule has 0 fully saturated rings. The number of halogens is 1. The van der Waals surface area contributed by atoms with E-state index in [2.05, 4.69) is 59.0 Å². The molecule has 0 saturated heterocycles. The second-order valence-electron chi connectivity index (χ2n) is 5.82. The molecular weight excluding hydrogens is 433 g/mol. The van der Waals surface area contributed by atoms with Crippen LogP contribution in [0.25, 0.3) is 0 Å². The Kier molecular flexibility index (Phi) is 8.75. The van der Waals surface area contributed by atoms with E-state index >= 15 is 0 Å². The number of hydrogen-bond donors (Lipinski definition) is 2. The van der Waals surface area contributed by atoms with Gasteiger partial charge in [0, 0.05) is 43.7 Å². The molecule has 0 aliphatic heterocycles. The minimum atomic E-state index is 0. The van der Waals surface area contributed by atoms with Crippen LogP contribution in [-0.2, 0) is 13.5 Å². The van der Waals surface area contributed by atoms with Crippen molar-refractivity contribution in [1.82, 2.24) is 20.4 Å². The third kappa shape index (κ3) is 5.47. The first-order valence-corrected chi connectivity index (χ1v) is 8.88. The van der Waals surface area contributed by atoms with Gasteiger partial charge in [-0.1, -0.05) is 13.0 Å². The predicted molar refractivity (Wildman–Crippen MR) is 114 cm³/mol. The summed E-state index contributed by atoms with van der Waals surface area (Å²) in [5.41, 5.74) is 3.67. The van der Waals surface area contributed by atoms with E-state index < -0.39 is 0 Å². The highest BCUT2D eigenvalue weighted by atomic mass is 127. The van der Waals surface area contributed by atoms with Crippen LogP contribution in [-0.4, -0.2) is 35.9 Å². The summed E-state index contributed by atoms with van der Waals surface area (Å²) >= 11 is 1.80. The second kappa shape index (κ2) is 10.0. The first kappa shape index (κ1) is 21.0. The van der Waals surface area contributed by atoms with Crippen molar-refractivity contribution in [2.75, 3.05) is 20.1 Å². The van der Waals surface area contributed by atoms with Gasteiger partial charge in [-0.05, 0) is 37.3 Å². The molecule has 0 saturated carbocycles. The minimum absolute atomic E-state index is 0. The van der Waals surface area contributed by atoms with E-state index in [9.17, 15) is 0 Å². The lowest BCUT2D eigenvalue weighted by atomic mass is 10.1. The molecule has 7 heteroatoms. The molecule has 0 radical (unpaired) electrons. The monoisotopic (exact) mass is 461 g/mol. The SMILES string of the molecule is CN=C(NCCc1c(C)nn(C)c1C)NCC(C)c1cccs1.I. The Morgan fingerprint density at radius 1 is 1.38 bits per heavy atom. The summed E-state index contributed by atoms with van der Waals surface area (Å²) in [6.07, 6.45) is 0.951. The van der Waals surface area contributed by atoms with Gasteiger partial charge in [-0.2, -0.15) is 5.10 Å². The molecule has 0 aromatic carbocycles. The topological polar surface area (TPSA) is 54.2 Å². The molecule has 5 nitrogen and oxygen atoms in total. The van der Waals surface area contributed by atoms with Gasteiger partial charge in [-0.15, -0.1) is 35.3 Å². The van der Waals surface area contributed by atoms with Crippen LogP contribution >= 0.6 is 35.3 Å². The van der Waals surface area contributed by atoms with Crippen LogP contribution in [0.5, 0.6) is 0 Å². The Morgan fingerprint density at radius 3 is 2.67 bits per heavy atom. The normalized spacial score (nSPS) is 12.6. The van der Waals surface area contributed by atoms with E-state index in [1.807, 2.05) is 18.8 Å². The van der Waals surface area contributed by atoms with E-state index in [4.69, 9.17) is 0 Å². The molecule has 1 unspecified atom stereocenters. The molecule has 0 spiro atoms. The van der Waals surface area contributed by atoms with Crippen molar-refractivity contribution < 1.29 is 0 Å². The molecule has 0 amide bonds. The molecule has 1 atom stereocenters. The van der Waals surface area contributed by atoms with Gasteiger partial charge in [0.2, 0.25) is 0 Å². The molecule has 2 aromatic rings. The summed E-state index contributed by atoms with van der Waals surface area (Å²) in [4.78, 5) is 5.70. The van der Waals surface area contributed by atoms with Crippen LogP contribution in [0.4, 0.5) is 0 Å². The van der Waals surface area contributed by atoms with Crippen molar-refractivity contribution in [3.05, 3.63) is 39.3 Å². The number of rotatable bonds is 6. The Bertz CT molecular complexity index is 648. The number of guanidine groups is 1. The number of aliphatic imine (C=N–C) groups is 1. The van der Waals surface area contributed by atoms with Gasteiger partial charge in [-0.25, -0.2) is 0 Å². The van der Waals surface area contributed by atoms with Crippen molar-refractivity contribution in [1.29, 1.82) is 0 Å². The minimum Gasteiger partial charge on any atom is -0.356 e. The molecule has 2 aromatic heterocycles. The standard InChI is InChI=1S/C17H27N5S.HI/c1-12(16-7-6-10-23-16)11-20-17(18-4)19-9-8-15-13(2)21-22(5)14(15)3;/h6-7,10,12H,8-9,11H2,1-5H3,(H2,18,19,20);1H. The Labute approximate surface area is 166 Å². The fourth-order valence-electron chi connectivity index (χ4n) is 2.63. The van der Waals surface area contributed by atoms with Gasteiger partial charge >= 0.3 is 0 Å². The van der Waals surface area contributed by atoms with Crippen LogP contribution < -0.4 is 10.6 Å². The van der Waals surface area contributed by atoms with E-state index in [0.717, 1.165) is 31.2 Å². The van der Waals surface area contributed by atoms with Crippen LogP contribution in [0.2, 0.25) is 0 Å². The van der Waals surface area contributed by atoms with Gasteiger partial charge < -0.3 is 10.6 Å². The van der Waals surface area contributed by atoms with Gasteiger partial charge in [0.15, 0.2) is 5.96 Å². The van der Waals surface area contributed by atoms with Crippen molar-refractivity contribution in [2.45, 2.75) is 33.1 Å². The maximum absolute atomic E-state index is 4.46. The number of thiophene rings is 1. The average Bonchev–Trinajstić information content (AvgIpc) is 3.14. The summed E-state index contributed by atoms with van der Waals surface area (Å²) in [6, 6.07) is 4.28. The lowest BCUT2D eigenvalue weighted by Gasteiger charge is -2.15. The number of aryl methyl sites for hydroxylation is 2. The smallest absolute Gasteiger partial charge is 0.191 e. The fraction of sp³-hybridized carbons (Fsp3) is 0.529. The summed E-state index contributed by atoms with van der Waals surface area (Å²) < 4.78 is 1.94. The zero-order valence-corrected chi connectivity index (χ0v) is 18.2. The number of aromatic nitrogens is 2. The van der Waals surface area contributed by atoms with E-state index in [0.29, 0.717) is 5.92 Å². The van der Waals surface area contributed by atoms with E-state index in [1.165, 1.54) is 16.1 Å². The van der Waals surface area contributed by atoms with Crippen LogP contribution in [0.1, 0.15) is 34.7 Å². The molecule has 24 heavy (non-hydrogen) atoms. The lowest BCUT2D eigenvalue weighted by molar-refractivity contribution is 0.705. The average molecular weight is 461 g/mol. The summed E-state index contributed by atoms with van der Waals surface area (Å²) in [7, 11) is 3.80. The summed E-state index contributed by atoms with van der Waals surface area (Å²) in [6.45, 7) is 8.14. The van der Waals surface area contributed by atoms with Crippen molar-refractivity contribution in [3.63, 3.8) is 0 Å². The van der Waals surface area contributed by atoms with Crippen LogP contribution in [0.15, 0.2) is 22.5 Å². The van der Waals surface area contributed by atoms with E-state index in [-0.39, 0.29) is 24.0 Å². The predicted octanol–water partition coefficient (Wildman–Crippen LogP) is 3.23. The van der Waals surface area contributed by atoms with Crippen LogP contribution in [0, 0.1) is 13.8 Å². The third-order valence-electron chi connectivity index (χ3n) is 4.15. The lowest BCUT2D eigenvalue weighted by Crippen LogP contribution is -2.39. The highest BCUT2D eigenvalue weighted by molar-refractivity contribution is 14.0. The van der Waals surface area contributed by atoms with Gasteiger partial charge in [0.1, 0.15) is 0 Å². The number of hydrogen-bond acceptors (Lipinski definition) is 3. The molecule has 2 rings (SSSR count). The van der Waals surface area contributed by atoms with Crippen molar-refractivity contribution >= 4 is 41.3 Å². The fourth-order valence-corrected chi connectivity index (χ4v) is 3.41. The van der Waals surface area contributed by atoms with Gasteiger partial charge in [0.05, 0.1) is 5.69 Å². The van der Waals surface area contributed by atoms with Gasteiger partial charge in [-0.3, -0.25) is 9.67 Å².